The van der Waals surface area contributed by atoms with Gasteiger partial charge < -0.3 is 4.48 Å². The third kappa shape index (κ3) is 6.55. The molecule has 0 unspecified atom stereocenters. The van der Waals surface area contributed by atoms with Gasteiger partial charge in [-0.3, -0.25) is 4.99 Å². The summed E-state index contributed by atoms with van der Waals surface area (Å²) in [7, 11) is 6.63. The summed E-state index contributed by atoms with van der Waals surface area (Å²) in [5.74, 6) is 0. The highest BCUT2D eigenvalue weighted by Gasteiger charge is 2.07. The molecule has 0 atom stereocenters. The molecule has 0 aromatic heterocycles. The molecule has 0 radical (unpaired) electrons. The van der Waals surface area contributed by atoms with Crippen molar-refractivity contribution in [3.63, 3.8) is 0 Å². The maximum absolute atomic E-state index is 4.45. The normalized spacial score (nSPS) is 12.2. The highest BCUT2D eigenvalue weighted by atomic mass is 15.3. The van der Waals surface area contributed by atoms with E-state index in [9.17, 15) is 0 Å². The van der Waals surface area contributed by atoms with E-state index in [1.165, 1.54) is 30.4 Å². The molecular formula is C16H27N2+. The molecule has 0 N–H and O–H groups in total. The van der Waals surface area contributed by atoms with Crippen molar-refractivity contribution in [1.82, 2.24) is 0 Å². The molecular weight excluding hydrogens is 220 g/mol. The van der Waals surface area contributed by atoms with Gasteiger partial charge in [0.1, 0.15) is 6.54 Å². The van der Waals surface area contributed by atoms with Gasteiger partial charge in [0.2, 0.25) is 0 Å². The van der Waals surface area contributed by atoms with E-state index in [1.54, 1.807) is 0 Å². The van der Waals surface area contributed by atoms with Gasteiger partial charge in [0.15, 0.2) is 0 Å². The van der Waals surface area contributed by atoms with Crippen LogP contribution in [0.4, 0.5) is 0 Å². The van der Waals surface area contributed by atoms with Gasteiger partial charge in [0.05, 0.1) is 21.1 Å². The molecule has 1 aromatic rings. The monoisotopic (exact) mass is 247 g/mol. The molecule has 0 saturated heterocycles. The second-order valence-corrected chi connectivity index (χ2v) is 5.93. The Morgan fingerprint density at radius 1 is 1.06 bits per heavy atom. The van der Waals surface area contributed by atoms with Crippen molar-refractivity contribution in [2.24, 2.45) is 4.99 Å². The average molecular weight is 247 g/mol. The topological polar surface area (TPSA) is 12.4 Å². The Labute approximate surface area is 112 Å². The lowest BCUT2D eigenvalue weighted by Gasteiger charge is -2.23. The van der Waals surface area contributed by atoms with Crippen LogP contribution in [0.15, 0.2) is 29.3 Å². The number of benzene rings is 1. The van der Waals surface area contributed by atoms with Crippen molar-refractivity contribution in [3.05, 3.63) is 35.4 Å². The molecule has 2 heteroatoms. The Balaban J connectivity index is 2.45. The number of hydrogen-bond donors (Lipinski definition) is 0. The molecule has 0 aliphatic rings. The minimum Gasteiger partial charge on any atom is -0.327 e. The number of nitrogens with zero attached hydrogens (tertiary/aromatic N) is 2. The van der Waals surface area contributed by atoms with Crippen LogP contribution >= 0.6 is 0 Å². The van der Waals surface area contributed by atoms with E-state index in [-0.39, 0.29) is 0 Å². The Bertz CT molecular complexity index is 358. The zero-order valence-electron chi connectivity index (χ0n) is 12.3. The largest absolute Gasteiger partial charge is 0.327 e. The quantitative estimate of drug-likeness (QED) is 0.397. The summed E-state index contributed by atoms with van der Waals surface area (Å²) in [5.41, 5.74) is 2.59. The predicted molar refractivity (Wildman–Crippen MR) is 80.2 cm³/mol. The summed E-state index contributed by atoms with van der Waals surface area (Å²) in [6.45, 7) is 4.23. The van der Waals surface area contributed by atoms with E-state index in [0.717, 1.165) is 17.6 Å². The summed E-state index contributed by atoms with van der Waals surface area (Å²) >= 11 is 0. The van der Waals surface area contributed by atoms with Crippen LogP contribution in [0.5, 0.6) is 0 Å². The second-order valence-electron chi connectivity index (χ2n) is 5.93. The van der Waals surface area contributed by atoms with Crippen molar-refractivity contribution in [2.75, 3.05) is 27.7 Å². The molecule has 1 aromatic carbocycles. The van der Waals surface area contributed by atoms with E-state index >= 15 is 0 Å². The molecule has 100 valence electrons. The minimum absolute atomic E-state index is 0.953. The fourth-order valence-electron chi connectivity index (χ4n) is 1.88. The maximum atomic E-state index is 4.45. The summed E-state index contributed by atoms with van der Waals surface area (Å²) in [6, 6.07) is 8.73. The lowest BCUT2D eigenvalue weighted by atomic mass is 10.1. The predicted octanol–water partition coefficient (Wildman–Crippen LogP) is 3.50. The van der Waals surface area contributed by atoms with Gasteiger partial charge in [-0.05, 0) is 12.0 Å². The summed E-state index contributed by atoms with van der Waals surface area (Å²) in [4.78, 5) is 4.45. The van der Waals surface area contributed by atoms with E-state index in [2.05, 4.69) is 57.3 Å². The zero-order valence-corrected chi connectivity index (χ0v) is 12.3. The van der Waals surface area contributed by atoms with Gasteiger partial charge in [-0.2, -0.15) is 0 Å². The van der Waals surface area contributed by atoms with Crippen LogP contribution in [0.3, 0.4) is 0 Å². The zero-order chi connectivity index (χ0) is 13.4. The number of unbranched alkanes of at least 4 members (excludes halogenated alkanes) is 2. The first-order valence-electron chi connectivity index (χ1n) is 6.90. The lowest BCUT2D eigenvalue weighted by molar-refractivity contribution is -0.884. The van der Waals surface area contributed by atoms with Crippen molar-refractivity contribution in [1.29, 1.82) is 0 Å². The Hall–Kier alpha value is -1.15. The van der Waals surface area contributed by atoms with Gasteiger partial charge in [-0.25, -0.2) is 0 Å². The van der Waals surface area contributed by atoms with Crippen LogP contribution in [0, 0.1) is 0 Å². The fraction of sp³-hybridized carbons (Fsp3) is 0.562. The van der Waals surface area contributed by atoms with Crippen molar-refractivity contribution < 1.29 is 4.48 Å². The van der Waals surface area contributed by atoms with Gasteiger partial charge in [0, 0.05) is 18.3 Å². The SMILES string of the molecule is CCCCCN=Cc1ccc(C[N+](C)(C)C)cc1. The molecule has 0 saturated carbocycles. The Morgan fingerprint density at radius 2 is 1.72 bits per heavy atom. The first-order chi connectivity index (χ1) is 8.51. The molecule has 0 aliphatic heterocycles. The van der Waals surface area contributed by atoms with Gasteiger partial charge >= 0.3 is 0 Å². The molecule has 2 nitrogen and oxygen atoms in total. The maximum Gasteiger partial charge on any atom is 0.104 e. The second kappa shape index (κ2) is 7.32. The van der Waals surface area contributed by atoms with Crippen LogP contribution in [0.25, 0.3) is 0 Å². The lowest BCUT2D eigenvalue weighted by Crippen LogP contribution is -2.33. The molecule has 0 aliphatic carbocycles. The number of aliphatic imine (C=N–C) groups is 1. The van der Waals surface area contributed by atoms with Gasteiger partial charge in [-0.1, -0.05) is 44.0 Å². The first-order valence-corrected chi connectivity index (χ1v) is 6.90. The molecule has 0 amide bonds. The molecule has 0 heterocycles. The molecule has 0 fully saturated rings. The van der Waals surface area contributed by atoms with Crippen molar-refractivity contribution in [2.45, 2.75) is 32.7 Å². The van der Waals surface area contributed by atoms with Gasteiger partial charge in [0.25, 0.3) is 0 Å². The van der Waals surface area contributed by atoms with Crippen LogP contribution in [0.2, 0.25) is 0 Å². The Morgan fingerprint density at radius 3 is 2.28 bits per heavy atom. The molecule has 18 heavy (non-hydrogen) atoms. The third-order valence-electron chi connectivity index (χ3n) is 2.77. The van der Waals surface area contributed by atoms with Crippen LogP contribution in [0.1, 0.15) is 37.3 Å². The number of hydrogen-bond acceptors (Lipinski definition) is 1. The van der Waals surface area contributed by atoms with E-state index in [4.69, 9.17) is 0 Å². The van der Waals surface area contributed by atoms with Crippen molar-refractivity contribution in [3.8, 4) is 0 Å². The van der Waals surface area contributed by atoms with E-state index in [1.807, 2.05) is 6.21 Å². The van der Waals surface area contributed by atoms with E-state index in [0.29, 0.717) is 0 Å². The highest BCUT2D eigenvalue weighted by molar-refractivity contribution is 5.79. The van der Waals surface area contributed by atoms with Crippen LogP contribution in [-0.4, -0.2) is 38.4 Å². The van der Waals surface area contributed by atoms with Crippen LogP contribution in [-0.2, 0) is 6.54 Å². The van der Waals surface area contributed by atoms with Crippen LogP contribution < -0.4 is 0 Å². The molecule has 0 bridgehead atoms. The number of rotatable bonds is 7. The average Bonchev–Trinajstić information content (AvgIpc) is 2.29. The minimum atomic E-state index is 0.953. The molecule has 1 rings (SSSR count). The summed E-state index contributed by atoms with van der Waals surface area (Å²) in [6.07, 6.45) is 5.73. The smallest absolute Gasteiger partial charge is 0.104 e. The molecule has 0 spiro atoms. The fourth-order valence-corrected chi connectivity index (χ4v) is 1.88. The standard InChI is InChI=1S/C16H27N2/c1-5-6-7-12-17-13-15-8-10-16(11-9-15)14-18(2,3)4/h8-11,13H,5-7,12,14H2,1-4H3/q+1. The third-order valence-corrected chi connectivity index (χ3v) is 2.77. The number of quaternary nitrogens is 1. The first kappa shape index (κ1) is 14.9. The summed E-state index contributed by atoms with van der Waals surface area (Å²) < 4.78 is 0.963. The highest BCUT2D eigenvalue weighted by Crippen LogP contribution is 2.08. The van der Waals surface area contributed by atoms with Gasteiger partial charge in [-0.15, -0.1) is 0 Å². The summed E-state index contributed by atoms with van der Waals surface area (Å²) in [5, 5.41) is 0. The van der Waals surface area contributed by atoms with Crippen molar-refractivity contribution >= 4 is 6.21 Å². The Kier molecular flexibility index (Phi) is 6.06. The van der Waals surface area contributed by atoms with E-state index < -0.39 is 0 Å².